The van der Waals surface area contributed by atoms with Crippen LogP contribution in [0.15, 0.2) is 36.4 Å². The lowest BCUT2D eigenvalue weighted by molar-refractivity contribution is 0.0920. The number of ether oxygens (including phenoxy) is 5. The fraction of sp³-hybridized carbons (Fsp3) is 0.278. The Morgan fingerprint density at radius 2 is 1.33 bits per heavy atom. The van der Waals surface area contributed by atoms with Crippen LogP contribution in [-0.2, 0) is 0 Å². The van der Waals surface area contributed by atoms with Crippen LogP contribution >= 0.6 is 0 Å². The van der Waals surface area contributed by atoms with Crippen molar-refractivity contribution in [3.63, 3.8) is 0 Å². The minimum absolute atomic E-state index is 0.119. The second-order valence-corrected chi connectivity index (χ2v) is 4.83. The van der Waals surface area contributed by atoms with E-state index < -0.39 is 0 Å². The number of carbonyl (C=O) groups excluding carboxylic acids is 1. The van der Waals surface area contributed by atoms with Gasteiger partial charge in [-0.1, -0.05) is 0 Å². The highest BCUT2D eigenvalue weighted by atomic mass is 16.5. The van der Waals surface area contributed by atoms with E-state index in [1.807, 2.05) is 0 Å². The van der Waals surface area contributed by atoms with Crippen molar-refractivity contribution >= 4 is 5.78 Å². The standard InChI is InChI=1S/C18H20O6/c1-20-13-8-14(21-2)10-15(9-13)24-11-16(19)12-5-6-17(22-3)18(7-12)23-4/h5-10H,11H2,1-4H3. The first kappa shape index (κ1) is 17.5. The fourth-order valence-corrected chi connectivity index (χ4v) is 2.11. The molecule has 6 nitrogen and oxygen atoms in total. The van der Waals surface area contributed by atoms with Gasteiger partial charge >= 0.3 is 0 Å². The summed E-state index contributed by atoms with van der Waals surface area (Å²) in [7, 11) is 6.16. The van der Waals surface area contributed by atoms with Crippen LogP contribution in [0.2, 0.25) is 0 Å². The zero-order valence-corrected chi connectivity index (χ0v) is 14.1. The van der Waals surface area contributed by atoms with Crippen molar-refractivity contribution in [3.8, 4) is 28.7 Å². The van der Waals surface area contributed by atoms with E-state index in [0.29, 0.717) is 34.3 Å². The normalized spacial score (nSPS) is 10.0. The molecular weight excluding hydrogens is 312 g/mol. The second-order valence-electron chi connectivity index (χ2n) is 4.83. The third-order valence-corrected chi connectivity index (χ3v) is 3.40. The molecule has 0 aliphatic carbocycles. The summed E-state index contributed by atoms with van der Waals surface area (Å²) in [6, 6.07) is 10.1. The molecule has 0 amide bonds. The summed E-state index contributed by atoms with van der Waals surface area (Å²) in [6.45, 7) is -0.119. The third kappa shape index (κ3) is 4.10. The molecule has 0 saturated heterocycles. The molecular formula is C18H20O6. The predicted molar refractivity (Wildman–Crippen MR) is 88.9 cm³/mol. The van der Waals surface area contributed by atoms with Crippen LogP contribution in [-0.4, -0.2) is 40.8 Å². The van der Waals surface area contributed by atoms with Crippen LogP contribution in [0.5, 0.6) is 28.7 Å². The second kappa shape index (κ2) is 8.10. The summed E-state index contributed by atoms with van der Waals surface area (Å²) in [6.07, 6.45) is 0. The Morgan fingerprint density at radius 1 is 0.750 bits per heavy atom. The van der Waals surface area contributed by atoms with Gasteiger partial charge in [0.25, 0.3) is 0 Å². The first-order valence-electron chi connectivity index (χ1n) is 7.22. The van der Waals surface area contributed by atoms with Crippen molar-refractivity contribution in [1.82, 2.24) is 0 Å². The summed E-state index contributed by atoms with van der Waals surface area (Å²) in [4.78, 5) is 12.3. The minimum atomic E-state index is -0.183. The SMILES string of the molecule is COc1cc(OC)cc(OCC(=O)c2ccc(OC)c(OC)c2)c1. The molecule has 0 radical (unpaired) electrons. The Bertz CT molecular complexity index is 688. The molecule has 0 heterocycles. The number of hydrogen-bond donors (Lipinski definition) is 0. The maximum absolute atomic E-state index is 12.3. The zero-order valence-electron chi connectivity index (χ0n) is 14.1. The van der Waals surface area contributed by atoms with Gasteiger partial charge in [-0.05, 0) is 18.2 Å². The van der Waals surface area contributed by atoms with Crippen LogP contribution in [0, 0.1) is 0 Å². The van der Waals surface area contributed by atoms with Gasteiger partial charge < -0.3 is 23.7 Å². The third-order valence-electron chi connectivity index (χ3n) is 3.40. The van der Waals surface area contributed by atoms with E-state index in [1.165, 1.54) is 7.11 Å². The van der Waals surface area contributed by atoms with E-state index in [4.69, 9.17) is 23.7 Å². The first-order chi connectivity index (χ1) is 11.6. The molecule has 128 valence electrons. The molecule has 0 saturated carbocycles. The zero-order chi connectivity index (χ0) is 17.5. The lowest BCUT2D eigenvalue weighted by atomic mass is 10.1. The van der Waals surface area contributed by atoms with E-state index in [9.17, 15) is 4.79 Å². The number of ketones is 1. The van der Waals surface area contributed by atoms with Gasteiger partial charge in [0.1, 0.15) is 17.2 Å². The number of hydrogen-bond acceptors (Lipinski definition) is 6. The molecule has 2 rings (SSSR count). The van der Waals surface area contributed by atoms with E-state index in [-0.39, 0.29) is 12.4 Å². The fourth-order valence-electron chi connectivity index (χ4n) is 2.11. The monoisotopic (exact) mass is 332 g/mol. The number of carbonyl (C=O) groups is 1. The smallest absolute Gasteiger partial charge is 0.200 e. The van der Waals surface area contributed by atoms with Crippen molar-refractivity contribution in [3.05, 3.63) is 42.0 Å². The summed E-state index contributed by atoms with van der Waals surface area (Å²) >= 11 is 0. The quantitative estimate of drug-likeness (QED) is 0.693. The van der Waals surface area contributed by atoms with E-state index >= 15 is 0 Å². The van der Waals surface area contributed by atoms with Crippen molar-refractivity contribution in [2.24, 2.45) is 0 Å². The summed E-state index contributed by atoms with van der Waals surface area (Å²) in [5.74, 6) is 2.53. The molecule has 0 aromatic heterocycles. The number of methoxy groups -OCH3 is 4. The molecule has 0 aliphatic heterocycles. The average molecular weight is 332 g/mol. The van der Waals surface area contributed by atoms with Gasteiger partial charge in [-0.15, -0.1) is 0 Å². The van der Waals surface area contributed by atoms with Gasteiger partial charge in [0.15, 0.2) is 23.9 Å². The maximum Gasteiger partial charge on any atom is 0.200 e. The largest absolute Gasteiger partial charge is 0.496 e. The highest BCUT2D eigenvalue weighted by Crippen LogP contribution is 2.29. The molecule has 2 aromatic carbocycles. The highest BCUT2D eigenvalue weighted by Gasteiger charge is 2.12. The molecule has 24 heavy (non-hydrogen) atoms. The van der Waals surface area contributed by atoms with Crippen LogP contribution in [0.1, 0.15) is 10.4 Å². The minimum Gasteiger partial charge on any atom is -0.496 e. The van der Waals surface area contributed by atoms with Gasteiger partial charge in [0.2, 0.25) is 0 Å². The molecule has 6 heteroatoms. The Labute approximate surface area is 140 Å². The van der Waals surface area contributed by atoms with Gasteiger partial charge in [-0.25, -0.2) is 0 Å². The molecule has 0 N–H and O–H groups in total. The Balaban J connectivity index is 2.10. The van der Waals surface area contributed by atoms with Crippen LogP contribution in [0.3, 0.4) is 0 Å². The molecule has 0 unspecified atom stereocenters. The summed E-state index contributed by atoms with van der Waals surface area (Å²) in [5.41, 5.74) is 0.475. The lowest BCUT2D eigenvalue weighted by Crippen LogP contribution is -2.12. The Morgan fingerprint density at radius 3 is 1.88 bits per heavy atom. The predicted octanol–water partition coefficient (Wildman–Crippen LogP) is 2.98. The van der Waals surface area contributed by atoms with Gasteiger partial charge in [0, 0.05) is 23.8 Å². The van der Waals surface area contributed by atoms with Crippen molar-refractivity contribution in [2.45, 2.75) is 0 Å². The van der Waals surface area contributed by atoms with Crippen molar-refractivity contribution in [2.75, 3.05) is 35.0 Å². The average Bonchev–Trinajstić information content (AvgIpc) is 2.64. The van der Waals surface area contributed by atoms with E-state index in [1.54, 1.807) is 57.7 Å². The Kier molecular flexibility index (Phi) is 5.89. The van der Waals surface area contributed by atoms with Gasteiger partial charge in [-0.2, -0.15) is 0 Å². The molecule has 0 aliphatic rings. The van der Waals surface area contributed by atoms with E-state index in [2.05, 4.69) is 0 Å². The maximum atomic E-state index is 12.3. The first-order valence-corrected chi connectivity index (χ1v) is 7.22. The molecule has 0 bridgehead atoms. The molecule has 0 spiro atoms. The number of Topliss-reactive ketones (excluding diaryl/α,β-unsaturated/α-hetero) is 1. The summed E-state index contributed by atoms with van der Waals surface area (Å²) in [5, 5.41) is 0. The topological polar surface area (TPSA) is 63.2 Å². The van der Waals surface area contributed by atoms with Gasteiger partial charge in [0.05, 0.1) is 28.4 Å². The van der Waals surface area contributed by atoms with Crippen LogP contribution < -0.4 is 23.7 Å². The lowest BCUT2D eigenvalue weighted by Gasteiger charge is -2.11. The van der Waals surface area contributed by atoms with Crippen molar-refractivity contribution in [1.29, 1.82) is 0 Å². The highest BCUT2D eigenvalue weighted by molar-refractivity contribution is 5.97. The summed E-state index contributed by atoms with van der Waals surface area (Å²) < 4.78 is 26.2. The molecule has 2 aromatic rings. The van der Waals surface area contributed by atoms with E-state index in [0.717, 1.165) is 0 Å². The number of rotatable bonds is 8. The Hall–Kier alpha value is -2.89. The number of benzene rings is 2. The van der Waals surface area contributed by atoms with Crippen LogP contribution in [0.4, 0.5) is 0 Å². The molecule has 0 fully saturated rings. The molecule has 0 atom stereocenters. The van der Waals surface area contributed by atoms with Crippen LogP contribution in [0.25, 0.3) is 0 Å². The van der Waals surface area contributed by atoms with Gasteiger partial charge in [-0.3, -0.25) is 4.79 Å². The van der Waals surface area contributed by atoms with Crippen molar-refractivity contribution < 1.29 is 28.5 Å².